The maximum absolute atomic E-state index is 6.19. The van der Waals surface area contributed by atoms with E-state index in [4.69, 9.17) is 10.3 Å². The number of nitrogens with two attached hydrogens (primary N) is 1. The number of hydrogen-bond donors (Lipinski definition) is 1. The Bertz CT molecular complexity index is 622. The number of nitrogens with zero attached hydrogens (tertiary/aromatic N) is 3. The molecule has 6 heteroatoms. The molecule has 0 saturated carbocycles. The molecule has 3 rings (SSSR count). The predicted octanol–water partition coefficient (Wildman–Crippen LogP) is 2.90. The molecule has 1 fully saturated rings. The van der Waals surface area contributed by atoms with E-state index in [0.29, 0.717) is 11.7 Å². The first-order valence-corrected chi connectivity index (χ1v) is 8.01. The van der Waals surface area contributed by atoms with Crippen LogP contribution in [0.1, 0.15) is 30.3 Å². The van der Waals surface area contributed by atoms with Crippen LogP contribution in [0.2, 0.25) is 0 Å². The molecule has 0 radical (unpaired) electrons. The van der Waals surface area contributed by atoms with Crippen LogP contribution in [0.4, 0.5) is 0 Å². The van der Waals surface area contributed by atoms with Crippen molar-refractivity contribution < 1.29 is 4.52 Å². The van der Waals surface area contributed by atoms with Crippen molar-refractivity contribution in [1.82, 2.24) is 15.0 Å². The normalized spacial score (nSPS) is 17.3. The van der Waals surface area contributed by atoms with Gasteiger partial charge in [0.25, 0.3) is 5.89 Å². The molecular formula is C15H19BrN4O. The molecule has 1 saturated heterocycles. The number of aryl methyl sites for hydroxylation is 1. The van der Waals surface area contributed by atoms with Crippen LogP contribution in [0.25, 0.3) is 11.5 Å². The van der Waals surface area contributed by atoms with E-state index in [2.05, 4.69) is 31.0 Å². The second-order valence-corrected chi connectivity index (χ2v) is 6.45. The minimum atomic E-state index is -0.198. The van der Waals surface area contributed by atoms with Gasteiger partial charge in [-0.25, -0.2) is 0 Å². The second kappa shape index (κ2) is 6.25. The van der Waals surface area contributed by atoms with Crippen molar-refractivity contribution in [1.29, 1.82) is 0 Å². The molecule has 1 aliphatic heterocycles. The highest BCUT2D eigenvalue weighted by atomic mass is 79.9. The fraction of sp³-hybridized carbons (Fsp3) is 0.467. The summed E-state index contributed by atoms with van der Waals surface area (Å²) in [7, 11) is 0. The summed E-state index contributed by atoms with van der Waals surface area (Å²) < 4.78 is 6.42. The number of halogens is 1. The first-order chi connectivity index (χ1) is 10.1. The van der Waals surface area contributed by atoms with Crippen LogP contribution in [0, 0.1) is 6.92 Å². The van der Waals surface area contributed by atoms with Gasteiger partial charge in [-0.05, 0) is 56.6 Å². The van der Waals surface area contributed by atoms with E-state index in [0.717, 1.165) is 35.2 Å². The van der Waals surface area contributed by atoms with Gasteiger partial charge in [0, 0.05) is 16.6 Å². The Morgan fingerprint density at radius 2 is 2.14 bits per heavy atom. The molecular weight excluding hydrogens is 332 g/mol. The Morgan fingerprint density at radius 3 is 2.86 bits per heavy atom. The lowest BCUT2D eigenvalue weighted by molar-refractivity contribution is 0.306. The number of benzene rings is 1. The van der Waals surface area contributed by atoms with Crippen molar-refractivity contribution >= 4 is 15.9 Å². The SMILES string of the molecule is Cc1cc(Br)ccc1-c1nc(C(N)CN2CCCC2)no1. The monoisotopic (exact) mass is 350 g/mol. The molecule has 5 nitrogen and oxygen atoms in total. The molecule has 1 aliphatic rings. The van der Waals surface area contributed by atoms with Gasteiger partial charge >= 0.3 is 0 Å². The van der Waals surface area contributed by atoms with Crippen LogP contribution in [0.5, 0.6) is 0 Å². The van der Waals surface area contributed by atoms with Gasteiger partial charge in [0.2, 0.25) is 0 Å². The van der Waals surface area contributed by atoms with Gasteiger partial charge in [0.05, 0.1) is 6.04 Å². The summed E-state index contributed by atoms with van der Waals surface area (Å²) in [5.41, 5.74) is 8.23. The topological polar surface area (TPSA) is 68.2 Å². The van der Waals surface area contributed by atoms with E-state index in [1.165, 1.54) is 12.8 Å². The Kier molecular flexibility index (Phi) is 4.37. The van der Waals surface area contributed by atoms with E-state index in [1.54, 1.807) is 0 Å². The molecule has 2 heterocycles. The molecule has 1 atom stereocenters. The standard InChI is InChI=1S/C15H19BrN4O/c1-10-8-11(16)4-5-12(10)15-18-14(19-21-15)13(17)9-20-6-2-3-7-20/h4-5,8,13H,2-3,6-7,9,17H2,1H3. The molecule has 1 aromatic carbocycles. The summed E-state index contributed by atoms with van der Waals surface area (Å²) in [5, 5.41) is 4.05. The van der Waals surface area contributed by atoms with Gasteiger partial charge in [-0.2, -0.15) is 4.98 Å². The van der Waals surface area contributed by atoms with E-state index >= 15 is 0 Å². The lowest BCUT2D eigenvalue weighted by atomic mass is 10.1. The van der Waals surface area contributed by atoms with Crippen LogP contribution in [-0.2, 0) is 0 Å². The van der Waals surface area contributed by atoms with Crippen molar-refractivity contribution in [2.24, 2.45) is 5.73 Å². The molecule has 0 aliphatic carbocycles. The molecule has 1 unspecified atom stereocenters. The number of aromatic nitrogens is 2. The van der Waals surface area contributed by atoms with E-state index in [9.17, 15) is 0 Å². The third-order valence-electron chi connectivity index (χ3n) is 3.85. The van der Waals surface area contributed by atoms with Gasteiger partial charge < -0.3 is 15.2 Å². The Hall–Kier alpha value is -1.24. The Labute approximate surface area is 132 Å². The maximum atomic E-state index is 6.19. The molecule has 0 bridgehead atoms. The second-order valence-electron chi connectivity index (χ2n) is 5.53. The zero-order chi connectivity index (χ0) is 14.8. The first kappa shape index (κ1) is 14.7. The Balaban J connectivity index is 1.76. The predicted molar refractivity (Wildman–Crippen MR) is 84.8 cm³/mol. The van der Waals surface area contributed by atoms with Crippen LogP contribution in [-0.4, -0.2) is 34.7 Å². The highest BCUT2D eigenvalue weighted by Gasteiger charge is 2.20. The van der Waals surface area contributed by atoms with Gasteiger partial charge in [0.1, 0.15) is 0 Å². The fourth-order valence-corrected chi connectivity index (χ4v) is 3.16. The molecule has 2 aromatic rings. The molecule has 0 spiro atoms. The lowest BCUT2D eigenvalue weighted by Gasteiger charge is -2.17. The highest BCUT2D eigenvalue weighted by molar-refractivity contribution is 9.10. The van der Waals surface area contributed by atoms with Crippen LogP contribution in [0.3, 0.4) is 0 Å². The average molecular weight is 351 g/mol. The molecule has 21 heavy (non-hydrogen) atoms. The fourth-order valence-electron chi connectivity index (χ4n) is 2.69. The van der Waals surface area contributed by atoms with E-state index < -0.39 is 0 Å². The number of rotatable bonds is 4. The lowest BCUT2D eigenvalue weighted by Crippen LogP contribution is -2.30. The zero-order valence-electron chi connectivity index (χ0n) is 12.1. The van der Waals surface area contributed by atoms with Crippen molar-refractivity contribution in [2.75, 3.05) is 19.6 Å². The average Bonchev–Trinajstić information content (AvgIpc) is 3.09. The summed E-state index contributed by atoms with van der Waals surface area (Å²) in [5.74, 6) is 1.12. The van der Waals surface area contributed by atoms with Crippen LogP contribution in [0.15, 0.2) is 27.2 Å². The third kappa shape index (κ3) is 3.33. The summed E-state index contributed by atoms with van der Waals surface area (Å²) >= 11 is 3.45. The van der Waals surface area contributed by atoms with Crippen LogP contribution < -0.4 is 5.73 Å². The third-order valence-corrected chi connectivity index (χ3v) is 4.34. The zero-order valence-corrected chi connectivity index (χ0v) is 13.6. The quantitative estimate of drug-likeness (QED) is 0.917. The van der Waals surface area contributed by atoms with Gasteiger partial charge in [-0.1, -0.05) is 21.1 Å². The Morgan fingerprint density at radius 1 is 1.38 bits per heavy atom. The van der Waals surface area contributed by atoms with Crippen LogP contribution >= 0.6 is 15.9 Å². The summed E-state index contributed by atoms with van der Waals surface area (Å²) in [6.45, 7) is 5.04. The van der Waals surface area contributed by atoms with E-state index in [-0.39, 0.29) is 6.04 Å². The number of hydrogen-bond acceptors (Lipinski definition) is 5. The van der Waals surface area contributed by atoms with Crippen molar-refractivity contribution in [3.05, 3.63) is 34.1 Å². The summed E-state index contributed by atoms with van der Waals surface area (Å²) in [4.78, 5) is 6.82. The molecule has 2 N–H and O–H groups in total. The van der Waals surface area contributed by atoms with Gasteiger partial charge in [0.15, 0.2) is 5.82 Å². The van der Waals surface area contributed by atoms with Crippen molar-refractivity contribution in [3.63, 3.8) is 0 Å². The molecule has 0 amide bonds. The maximum Gasteiger partial charge on any atom is 0.258 e. The molecule has 1 aromatic heterocycles. The summed E-state index contributed by atoms with van der Waals surface area (Å²) in [6, 6.07) is 5.78. The van der Waals surface area contributed by atoms with Crippen molar-refractivity contribution in [3.8, 4) is 11.5 Å². The molecule has 112 valence electrons. The summed E-state index contributed by atoms with van der Waals surface area (Å²) in [6.07, 6.45) is 2.50. The van der Waals surface area contributed by atoms with Crippen molar-refractivity contribution in [2.45, 2.75) is 25.8 Å². The first-order valence-electron chi connectivity index (χ1n) is 7.21. The largest absolute Gasteiger partial charge is 0.334 e. The number of likely N-dealkylation sites (tertiary alicyclic amines) is 1. The highest BCUT2D eigenvalue weighted by Crippen LogP contribution is 2.25. The van der Waals surface area contributed by atoms with E-state index in [1.807, 2.05) is 25.1 Å². The minimum absolute atomic E-state index is 0.198. The smallest absolute Gasteiger partial charge is 0.258 e. The minimum Gasteiger partial charge on any atom is -0.334 e. The van der Waals surface area contributed by atoms with Gasteiger partial charge in [-0.3, -0.25) is 0 Å². The van der Waals surface area contributed by atoms with Gasteiger partial charge in [-0.15, -0.1) is 0 Å².